The van der Waals surface area contributed by atoms with E-state index in [4.69, 9.17) is 0 Å². The molecule has 0 atom stereocenters. The number of hydrogen-bond donors (Lipinski definition) is 2. The molecule has 0 unspecified atom stereocenters. The highest BCUT2D eigenvalue weighted by Gasteiger charge is 2.06. The molecule has 0 fully saturated rings. The second-order valence-electron chi connectivity index (χ2n) is 5.09. The normalized spacial score (nSPS) is 11.0. The van der Waals surface area contributed by atoms with Gasteiger partial charge in [-0.3, -0.25) is 4.79 Å². The fraction of sp³-hybridized carbons (Fsp3) is 0.294. The molecular formula is C17H20N2O3. The molecule has 0 radical (unpaired) electrons. The van der Waals surface area contributed by atoms with Crippen LogP contribution in [0, 0.1) is 6.92 Å². The van der Waals surface area contributed by atoms with Crippen molar-refractivity contribution in [3.05, 3.63) is 47.7 Å². The lowest BCUT2D eigenvalue weighted by molar-refractivity contribution is -0.134. The Morgan fingerprint density at radius 3 is 2.95 bits per heavy atom. The zero-order chi connectivity index (χ0) is 15.9. The van der Waals surface area contributed by atoms with Gasteiger partial charge in [-0.15, -0.1) is 0 Å². The summed E-state index contributed by atoms with van der Waals surface area (Å²) in [6.07, 6.45) is 5.90. The van der Waals surface area contributed by atoms with E-state index in [1.165, 1.54) is 18.7 Å². The number of ether oxygens (including phenoxy) is 1. The van der Waals surface area contributed by atoms with Gasteiger partial charge < -0.3 is 15.0 Å². The Hall–Kier alpha value is -2.56. The van der Waals surface area contributed by atoms with Crippen LogP contribution in [-0.2, 0) is 20.7 Å². The molecule has 2 rings (SSSR count). The maximum absolute atomic E-state index is 11.8. The molecule has 0 saturated carbocycles. The van der Waals surface area contributed by atoms with Crippen LogP contribution >= 0.6 is 0 Å². The number of amides is 1. The summed E-state index contributed by atoms with van der Waals surface area (Å²) in [6, 6.07) is 6.24. The van der Waals surface area contributed by atoms with E-state index >= 15 is 0 Å². The van der Waals surface area contributed by atoms with Crippen LogP contribution in [-0.4, -0.2) is 30.5 Å². The predicted octanol–water partition coefficient (Wildman–Crippen LogP) is 2.25. The smallest absolute Gasteiger partial charge is 0.330 e. The standard InChI is InChI=1S/C17H20N2O3/c1-12-5-7-14-13(11-19-15(14)10-12)6-8-16(20)18-9-3-4-17(21)22-2/h3-5,7,10-11,19H,6,8-9H2,1-2H3,(H,18,20)/b4-3+. The Kier molecular flexibility index (Phi) is 5.36. The van der Waals surface area contributed by atoms with Crippen molar-refractivity contribution in [1.82, 2.24) is 10.3 Å². The number of nitrogens with one attached hydrogen (secondary N) is 2. The minimum Gasteiger partial charge on any atom is -0.466 e. The first-order valence-corrected chi connectivity index (χ1v) is 7.18. The second kappa shape index (κ2) is 7.45. The molecule has 1 aromatic carbocycles. The average molecular weight is 300 g/mol. The number of benzene rings is 1. The van der Waals surface area contributed by atoms with Crippen molar-refractivity contribution in [3.63, 3.8) is 0 Å². The molecule has 0 saturated heterocycles. The van der Waals surface area contributed by atoms with E-state index in [0.717, 1.165) is 16.5 Å². The first kappa shape index (κ1) is 15.8. The SMILES string of the molecule is COC(=O)/C=C/CNC(=O)CCc1c[nH]c2cc(C)ccc12. The largest absolute Gasteiger partial charge is 0.466 e. The third-order valence-corrected chi connectivity index (χ3v) is 3.42. The highest BCUT2D eigenvalue weighted by molar-refractivity contribution is 5.85. The van der Waals surface area contributed by atoms with Gasteiger partial charge >= 0.3 is 5.97 Å². The Bertz CT molecular complexity index is 701. The van der Waals surface area contributed by atoms with E-state index in [1.807, 2.05) is 6.20 Å². The van der Waals surface area contributed by atoms with Crippen LogP contribution in [0.3, 0.4) is 0 Å². The van der Waals surface area contributed by atoms with Gasteiger partial charge in [-0.1, -0.05) is 18.2 Å². The number of aryl methyl sites for hydroxylation is 2. The molecule has 0 bridgehead atoms. The summed E-state index contributed by atoms with van der Waals surface area (Å²) in [5.74, 6) is -0.473. The van der Waals surface area contributed by atoms with Gasteiger partial charge in [0.2, 0.25) is 5.91 Å². The van der Waals surface area contributed by atoms with Crippen LogP contribution in [0.2, 0.25) is 0 Å². The van der Waals surface area contributed by atoms with E-state index in [2.05, 4.69) is 40.2 Å². The summed E-state index contributed by atoms with van der Waals surface area (Å²) >= 11 is 0. The number of H-pyrrole nitrogens is 1. The molecule has 1 aromatic heterocycles. The van der Waals surface area contributed by atoms with Crippen molar-refractivity contribution >= 4 is 22.8 Å². The maximum Gasteiger partial charge on any atom is 0.330 e. The van der Waals surface area contributed by atoms with Gasteiger partial charge in [-0.05, 0) is 30.5 Å². The Morgan fingerprint density at radius 1 is 1.36 bits per heavy atom. The van der Waals surface area contributed by atoms with Gasteiger partial charge in [0.25, 0.3) is 0 Å². The number of carbonyl (C=O) groups excluding carboxylic acids is 2. The van der Waals surface area contributed by atoms with Crippen molar-refractivity contribution in [1.29, 1.82) is 0 Å². The van der Waals surface area contributed by atoms with Gasteiger partial charge in [0, 0.05) is 36.1 Å². The molecule has 2 aromatic rings. The number of aromatic amines is 1. The van der Waals surface area contributed by atoms with Crippen molar-refractivity contribution in [2.45, 2.75) is 19.8 Å². The first-order chi connectivity index (χ1) is 10.6. The third-order valence-electron chi connectivity index (χ3n) is 3.42. The molecule has 5 heteroatoms. The van der Waals surface area contributed by atoms with Gasteiger partial charge in [-0.2, -0.15) is 0 Å². The monoisotopic (exact) mass is 300 g/mol. The molecule has 1 amide bonds. The Morgan fingerprint density at radius 2 is 2.18 bits per heavy atom. The lowest BCUT2D eigenvalue weighted by Gasteiger charge is -2.02. The van der Waals surface area contributed by atoms with Gasteiger partial charge in [0.15, 0.2) is 0 Å². The molecule has 1 heterocycles. The fourth-order valence-electron chi connectivity index (χ4n) is 2.24. The zero-order valence-corrected chi connectivity index (χ0v) is 12.8. The quantitative estimate of drug-likeness (QED) is 0.635. The number of esters is 1. The third kappa shape index (κ3) is 4.22. The lowest BCUT2D eigenvalue weighted by Crippen LogP contribution is -2.23. The topological polar surface area (TPSA) is 71.2 Å². The maximum atomic E-state index is 11.8. The van der Waals surface area contributed by atoms with Gasteiger partial charge in [0.05, 0.1) is 7.11 Å². The highest BCUT2D eigenvalue weighted by Crippen LogP contribution is 2.20. The van der Waals surface area contributed by atoms with Crippen LogP contribution in [0.4, 0.5) is 0 Å². The molecule has 0 aliphatic rings. The van der Waals surface area contributed by atoms with Crippen LogP contribution in [0.25, 0.3) is 10.9 Å². The molecule has 0 spiro atoms. The van der Waals surface area contributed by atoms with Crippen LogP contribution in [0.15, 0.2) is 36.5 Å². The summed E-state index contributed by atoms with van der Waals surface area (Å²) in [5, 5.41) is 3.89. The van der Waals surface area contributed by atoms with Gasteiger partial charge in [-0.25, -0.2) is 4.79 Å². The zero-order valence-electron chi connectivity index (χ0n) is 12.8. The van der Waals surface area contributed by atoms with E-state index in [9.17, 15) is 9.59 Å². The van der Waals surface area contributed by atoms with Crippen molar-refractivity contribution in [2.75, 3.05) is 13.7 Å². The van der Waals surface area contributed by atoms with E-state index in [1.54, 1.807) is 6.08 Å². The summed E-state index contributed by atoms with van der Waals surface area (Å²) in [6.45, 7) is 2.37. The second-order valence-corrected chi connectivity index (χ2v) is 5.09. The average Bonchev–Trinajstić information content (AvgIpc) is 2.91. The minimum absolute atomic E-state index is 0.0454. The van der Waals surface area contributed by atoms with Crippen molar-refractivity contribution in [2.24, 2.45) is 0 Å². The van der Waals surface area contributed by atoms with Crippen molar-refractivity contribution in [3.8, 4) is 0 Å². The lowest BCUT2D eigenvalue weighted by atomic mass is 10.1. The van der Waals surface area contributed by atoms with Crippen molar-refractivity contribution < 1.29 is 14.3 Å². The van der Waals surface area contributed by atoms with Crippen LogP contribution < -0.4 is 5.32 Å². The van der Waals surface area contributed by atoms with E-state index in [-0.39, 0.29) is 5.91 Å². The predicted molar refractivity (Wildman–Crippen MR) is 85.5 cm³/mol. The van der Waals surface area contributed by atoms with Gasteiger partial charge in [0.1, 0.15) is 0 Å². The Balaban J connectivity index is 1.83. The Labute approximate surface area is 129 Å². The van der Waals surface area contributed by atoms with E-state index in [0.29, 0.717) is 19.4 Å². The first-order valence-electron chi connectivity index (χ1n) is 7.18. The molecule has 0 aliphatic carbocycles. The van der Waals surface area contributed by atoms with Crippen LogP contribution in [0.1, 0.15) is 17.5 Å². The molecule has 5 nitrogen and oxygen atoms in total. The number of hydrogen-bond acceptors (Lipinski definition) is 3. The molecule has 116 valence electrons. The number of aromatic nitrogens is 1. The molecular weight excluding hydrogens is 280 g/mol. The van der Waals surface area contributed by atoms with Crippen LogP contribution in [0.5, 0.6) is 0 Å². The number of rotatable bonds is 6. The number of methoxy groups -OCH3 is 1. The molecule has 2 N–H and O–H groups in total. The summed E-state index contributed by atoms with van der Waals surface area (Å²) in [7, 11) is 1.31. The number of fused-ring (bicyclic) bond motifs is 1. The summed E-state index contributed by atoms with van der Waals surface area (Å²) in [5.41, 5.74) is 3.43. The van der Waals surface area contributed by atoms with E-state index < -0.39 is 5.97 Å². The highest BCUT2D eigenvalue weighted by atomic mass is 16.5. The summed E-state index contributed by atoms with van der Waals surface area (Å²) in [4.78, 5) is 25.9. The molecule has 0 aliphatic heterocycles. The fourth-order valence-corrected chi connectivity index (χ4v) is 2.24. The summed E-state index contributed by atoms with van der Waals surface area (Å²) < 4.78 is 4.46. The number of carbonyl (C=O) groups is 2. The minimum atomic E-state index is -0.427. The molecule has 22 heavy (non-hydrogen) atoms.